The second-order valence-corrected chi connectivity index (χ2v) is 9.50. The molecule has 38 heavy (non-hydrogen) atoms. The number of carboxylic acid groups (broad SMARTS) is 1. The Hall–Kier alpha value is -3.56. The molecule has 0 aromatic heterocycles. The number of nitrogens with one attached hydrogen (secondary N) is 1. The molecule has 0 bridgehead atoms. The Balaban J connectivity index is 1.94. The maximum absolute atomic E-state index is 13.7. The number of hydrogen-bond donors (Lipinski definition) is 2. The molecule has 2 N–H and O–H groups in total. The van der Waals surface area contributed by atoms with Gasteiger partial charge in [-0.3, -0.25) is 0 Å². The van der Waals surface area contributed by atoms with Crippen molar-refractivity contribution < 1.29 is 37.7 Å². The molecule has 10 heteroatoms. The minimum Gasteiger partial charge on any atom is -0.497 e. The molecule has 2 aromatic rings. The van der Waals surface area contributed by atoms with Crippen molar-refractivity contribution in [2.45, 2.75) is 64.5 Å². The van der Waals surface area contributed by atoms with E-state index in [1.165, 1.54) is 4.90 Å². The number of alkyl halides is 2. The van der Waals surface area contributed by atoms with Gasteiger partial charge in [0.1, 0.15) is 17.2 Å². The van der Waals surface area contributed by atoms with Crippen molar-refractivity contribution in [1.82, 2.24) is 10.2 Å². The van der Waals surface area contributed by atoms with Crippen LogP contribution >= 0.6 is 0 Å². The first-order valence-corrected chi connectivity index (χ1v) is 12.7. The van der Waals surface area contributed by atoms with Gasteiger partial charge in [-0.05, 0) is 69.5 Å². The molecule has 2 aromatic carbocycles. The zero-order chi connectivity index (χ0) is 28.1. The van der Waals surface area contributed by atoms with Gasteiger partial charge in [0, 0.05) is 24.9 Å². The van der Waals surface area contributed by atoms with Crippen LogP contribution in [0.3, 0.4) is 0 Å². The maximum atomic E-state index is 13.7. The van der Waals surface area contributed by atoms with Crippen LogP contribution in [0.5, 0.6) is 17.2 Å². The standard InChI is InChI=1S/C28H36F2N2O6/c1-6-37-23-14-21(15-24(18(23)3)38-7-2)19(4)32(13-12-20-8-10-22(36-5)11-9-20)26(35)31-27(25(33)34)16-28(29,30)17-27/h8-11,14-15,19H,6-7,12-13,16-17H2,1-5H3,(H,31,35)(H,33,34)/t19-/m1/s1. The first-order valence-electron chi connectivity index (χ1n) is 12.7. The number of ether oxygens (including phenoxy) is 3. The van der Waals surface area contributed by atoms with E-state index in [1.54, 1.807) is 14.0 Å². The fourth-order valence-corrected chi connectivity index (χ4v) is 4.63. The summed E-state index contributed by atoms with van der Waals surface area (Å²) in [6, 6.07) is 9.71. The summed E-state index contributed by atoms with van der Waals surface area (Å²) in [4.78, 5) is 26.9. The van der Waals surface area contributed by atoms with Crippen molar-refractivity contribution in [3.8, 4) is 17.2 Å². The first kappa shape index (κ1) is 29.0. The van der Waals surface area contributed by atoms with Crippen LogP contribution in [0, 0.1) is 6.92 Å². The number of halogens is 2. The summed E-state index contributed by atoms with van der Waals surface area (Å²) in [5.41, 5.74) is 0.433. The van der Waals surface area contributed by atoms with Gasteiger partial charge in [0.2, 0.25) is 0 Å². The van der Waals surface area contributed by atoms with E-state index in [-0.39, 0.29) is 6.54 Å². The molecule has 208 valence electrons. The topological polar surface area (TPSA) is 97.3 Å². The lowest BCUT2D eigenvalue weighted by Crippen LogP contribution is -2.68. The van der Waals surface area contributed by atoms with Gasteiger partial charge >= 0.3 is 12.0 Å². The molecule has 1 atom stereocenters. The number of urea groups is 1. The maximum Gasteiger partial charge on any atom is 0.329 e. The van der Waals surface area contributed by atoms with Gasteiger partial charge in [0.15, 0.2) is 5.54 Å². The van der Waals surface area contributed by atoms with Crippen molar-refractivity contribution >= 4 is 12.0 Å². The van der Waals surface area contributed by atoms with E-state index in [0.717, 1.165) is 11.1 Å². The largest absolute Gasteiger partial charge is 0.497 e. The lowest BCUT2D eigenvalue weighted by atomic mass is 9.73. The average Bonchev–Trinajstić information content (AvgIpc) is 2.85. The first-order chi connectivity index (χ1) is 17.9. The number of methoxy groups -OCH3 is 1. The van der Waals surface area contributed by atoms with Crippen LogP contribution in [0.15, 0.2) is 36.4 Å². The van der Waals surface area contributed by atoms with Gasteiger partial charge in [-0.1, -0.05) is 12.1 Å². The predicted octanol–water partition coefficient (Wildman–Crippen LogP) is 5.37. The lowest BCUT2D eigenvalue weighted by Gasteiger charge is -2.45. The Kier molecular flexibility index (Phi) is 9.06. The molecule has 2 amide bonds. The highest BCUT2D eigenvalue weighted by Crippen LogP contribution is 2.46. The lowest BCUT2D eigenvalue weighted by molar-refractivity contribution is -0.175. The summed E-state index contributed by atoms with van der Waals surface area (Å²) in [5, 5.41) is 12.1. The van der Waals surface area contributed by atoms with Crippen molar-refractivity contribution in [3.63, 3.8) is 0 Å². The summed E-state index contributed by atoms with van der Waals surface area (Å²) >= 11 is 0. The molecule has 1 fully saturated rings. The Morgan fingerprint density at radius 3 is 2.08 bits per heavy atom. The molecule has 1 saturated carbocycles. The van der Waals surface area contributed by atoms with E-state index in [0.29, 0.717) is 42.4 Å². The quantitative estimate of drug-likeness (QED) is 0.380. The number of hydrogen-bond acceptors (Lipinski definition) is 5. The van der Waals surface area contributed by atoms with Crippen LogP contribution in [0.4, 0.5) is 13.6 Å². The van der Waals surface area contributed by atoms with Crippen molar-refractivity contribution in [2.24, 2.45) is 0 Å². The summed E-state index contributed by atoms with van der Waals surface area (Å²) in [7, 11) is 1.57. The number of nitrogens with zero attached hydrogens (tertiary/aromatic N) is 1. The van der Waals surface area contributed by atoms with Gasteiger partial charge in [0.05, 0.1) is 26.4 Å². The molecule has 0 spiro atoms. The van der Waals surface area contributed by atoms with Gasteiger partial charge in [-0.15, -0.1) is 0 Å². The third kappa shape index (κ3) is 6.46. The Morgan fingerprint density at radius 1 is 1.08 bits per heavy atom. The molecule has 1 aliphatic carbocycles. The molecule has 0 unspecified atom stereocenters. The van der Waals surface area contributed by atoms with Gasteiger partial charge in [-0.25, -0.2) is 18.4 Å². The highest BCUT2D eigenvalue weighted by atomic mass is 19.3. The molecule has 0 heterocycles. The number of carbonyl (C=O) groups is 2. The molecule has 1 aliphatic rings. The number of rotatable bonds is 12. The number of benzene rings is 2. The Morgan fingerprint density at radius 2 is 1.63 bits per heavy atom. The van der Waals surface area contributed by atoms with E-state index in [9.17, 15) is 23.5 Å². The van der Waals surface area contributed by atoms with Crippen molar-refractivity contribution in [2.75, 3.05) is 26.9 Å². The zero-order valence-corrected chi connectivity index (χ0v) is 22.5. The van der Waals surface area contributed by atoms with E-state index < -0.39 is 42.3 Å². The number of carbonyl (C=O) groups excluding carboxylic acids is 1. The molecule has 8 nitrogen and oxygen atoms in total. The molecule has 0 aliphatic heterocycles. The average molecular weight is 535 g/mol. The number of carboxylic acids is 1. The SMILES string of the molecule is CCOc1cc([C@@H](C)N(CCc2ccc(OC)cc2)C(=O)NC2(C(=O)O)CC(F)(F)C2)cc(OCC)c1C. The summed E-state index contributed by atoms with van der Waals surface area (Å²) in [5.74, 6) is -2.71. The van der Waals surface area contributed by atoms with Crippen molar-refractivity contribution in [3.05, 3.63) is 53.1 Å². The fraction of sp³-hybridized carbons (Fsp3) is 0.500. The predicted molar refractivity (Wildman–Crippen MR) is 138 cm³/mol. The van der Waals surface area contributed by atoms with Gasteiger partial charge in [-0.2, -0.15) is 0 Å². The third-order valence-corrected chi connectivity index (χ3v) is 6.82. The van der Waals surface area contributed by atoms with Crippen LogP contribution in [0.25, 0.3) is 0 Å². The molecule has 0 radical (unpaired) electrons. The number of aliphatic carboxylic acids is 1. The summed E-state index contributed by atoms with van der Waals surface area (Å²) in [6.45, 7) is 8.47. The minimum absolute atomic E-state index is 0.202. The second kappa shape index (κ2) is 11.9. The smallest absolute Gasteiger partial charge is 0.329 e. The Bertz CT molecular complexity index is 1100. The molecular formula is C28H36F2N2O6. The third-order valence-electron chi connectivity index (χ3n) is 6.82. The van der Waals surface area contributed by atoms with E-state index in [2.05, 4.69) is 5.32 Å². The fourth-order valence-electron chi connectivity index (χ4n) is 4.63. The van der Waals surface area contributed by atoms with E-state index in [1.807, 2.05) is 57.2 Å². The molecule has 0 saturated heterocycles. The highest BCUT2D eigenvalue weighted by molar-refractivity contribution is 5.88. The van der Waals surface area contributed by atoms with E-state index >= 15 is 0 Å². The molecule has 3 rings (SSSR count). The molecular weight excluding hydrogens is 498 g/mol. The Labute approximate surface area is 221 Å². The zero-order valence-electron chi connectivity index (χ0n) is 22.5. The van der Waals surface area contributed by atoms with Crippen LogP contribution < -0.4 is 19.5 Å². The van der Waals surface area contributed by atoms with E-state index in [4.69, 9.17) is 14.2 Å². The normalized spacial score (nSPS) is 16.1. The van der Waals surface area contributed by atoms with Gasteiger partial charge < -0.3 is 29.5 Å². The van der Waals surface area contributed by atoms with Crippen LogP contribution in [-0.4, -0.2) is 60.3 Å². The minimum atomic E-state index is -3.14. The number of amides is 2. The van der Waals surface area contributed by atoms with Crippen LogP contribution in [0.2, 0.25) is 0 Å². The second-order valence-electron chi connectivity index (χ2n) is 9.50. The van der Waals surface area contributed by atoms with Gasteiger partial charge in [0.25, 0.3) is 5.92 Å². The van der Waals surface area contributed by atoms with Crippen molar-refractivity contribution in [1.29, 1.82) is 0 Å². The van der Waals surface area contributed by atoms with Crippen LogP contribution in [-0.2, 0) is 11.2 Å². The summed E-state index contributed by atoms with van der Waals surface area (Å²) in [6.07, 6.45) is -1.45. The highest BCUT2D eigenvalue weighted by Gasteiger charge is 2.62. The monoisotopic (exact) mass is 534 g/mol. The van der Waals surface area contributed by atoms with Crippen LogP contribution in [0.1, 0.15) is 56.3 Å². The summed E-state index contributed by atoms with van der Waals surface area (Å²) < 4.78 is 44.2.